The Bertz CT molecular complexity index is 1180. The van der Waals surface area contributed by atoms with Crippen LogP contribution in [0.25, 0.3) is 32.1 Å². The lowest BCUT2D eigenvalue weighted by Gasteiger charge is -1.93. The number of methoxy groups -OCH3 is 1. The number of thiophene rings is 2. The Balaban J connectivity index is 1.60. The molecular formula is C21H18NO3S3+. The number of nitrogens with zero attached hydrogens (tertiary/aromatic N) is 1. The van der Waals surface area contributed by atoms with Gasteiger partial charge in [-0.25, -0.2) is 4.79 Å². The molecule has 1 aromatic carbocycles. The number of carbonyl (C=O) groups excluding carboxylic acids is 1. The summed E-state index contributed by atoms with van der Waals surface area (Å²) in [6.45, 7) is 2.94. The maximum Gasteiger partial charge on any atom is 0.348 e. The SMILES string of the molecule is CC[n+]1c(/C=C/c2ccc(-c3ccc(C(=O)OC)s3)s2)sc2ccc(O)cc21. The van der Waals surface area contributed by atoms with Crippen LogP contribution in [0.5, 0.6) is 5.75 Å². The van der Waals surface area contributed by atoms with Crippen molar-refractivity contribution in [2.75, 3.05) is 7.11 Å². The zero-order valence-electron chi connectivity index (χ0n) is 15.3. The van der Waals surface area contributed by atoms with Gasteiger partial charge < -0.3 is 9.84 Å². The lowest BCUT2D eigenvalue weighted by Crippen LogP contribution is -2.33. The number of aryl methyl sites for hydroxylation is 1. The minimum Gasteiger partial charge on any atom is -0.508 e. The third kappa shape index (κ3) is 3.61. The number of thiazole rings is 1. The van der Waals surface area contributed by atoms with E-state index in [4.69, 9.17) is 4.74 Å². The molecule has 0 spiro atoms. The van der Waals surface area contributed by atoms with Crippen molar-refractivity contribution in [3.05, 3.63) is 57.2 Å². The van der Waals surface area contributed by atoms with Gasteiger partial charge in [0.15, 0.2) is 0 Å². The average Bonchev–Trinajstić information content (AvgIpc) is 3.42. The van der Waals surface area contributed by atoms with Crippen molar-refractivity contribution in [3.63, 3.8) is 0 Å². The maximum absolute atomic E-state index is 11.6. The van der Waals surface area contributed by atoms with Crippen LogP contribution in [0.1, 0.15) is 26.5 Å². The minimum atomic E-state index is -0.298. The number of ether oxygens (including phenoxy) is 1. The average molecular weight is 429 g/mol. The second-order valence-electron chi connectivity index (χ2n) is 6.03. The molecule has 142 valence electrons. The van der Waals surface area contributed by atoms with Gasteiger partial charge in [-0.15, -0.1) is 22.7 Å². The quantitative estimate of drug-likeness (QED) is 0.330. The van der Waals surface area contributed by atoms with Crippen LogP contribution in [0.2, 0.25) is 0 Å². The number of rotatable bonds is 5. The van der Waals surface area contributed by atoms with E-state index in [9.17, 15) is 9.90 Å². The Hall–Kier alpha value is -2.48. The van der Waals surface area contributed by atoms with Gasteiger partial charge in [-0.3, -0.25) is 0 Å². The molecule has 0 aliphatic carbocycles. The van der Waals surface area contributed by atoms with Crippen LogP contribution < -0.4 is 4.57 Å². The van der Waals surface area contributed by atoms with E-state index in [1.165, 1.54) is 18.4 Å². The van der Waals surface area contributed by atoms with Gasteiger partial charge in [-0.05, 0) is 49.4 Å². The monoisotopic (exact) mass is 428 g/mol. The zero-order chi connectivity index (χ0) is 19.7. The topological polar surface area (TPSA) is 50.4 Å². The third-order valence-corrected chi connectivity index (χ3v) is 7.72. The number of carbonyl (C=O) groups is 1. The molecule has 0 aliphatic rings. The first kappa shape index (κ1) is 18.9. The summed E-state index contributed by atoms with van der Waals surface area (Å²) in [4.78, 5) is 15.6. The van der Waals surface area contributed by atoms with Crippen LogP contribution in [0, 0.1) is 0 Å². The van der Waals surface area contributed by atoms with Crippen LogP contribution in [-0.4, -0.2) is 18.2 Å². The maximum atomic E-state index is 11.6. The van der Waals surface area contributed by atoms with Crippen molar-refractivity contribution in [2.45, 2.75) is 13.5 Å². The fourth-order valence-electron chi connectivity index (χ4n) is 2.95. The first-order chi connectivity index (χ1) is 13.6. The molecular weight excluding hydrogens is 410 g/mol. The van der Waals surface area contributed by atoms with Crippen molar-refractivity contribution < 1.29 is 19.2 Å². The fourth-order valence-corrected chi connectivity index (χ4v) is 5.98. The highest BCUT2D eigenvalue weighted by atomic mass is 32.1. The number of hydrogen-bond donors (Lipinski definition) is 1. The number of esters is 1. The lowest BCUT2D eigenvalue weighted by molar-refractivity contribution is -0.665. The highest BCUT2D eigenvalue weighted by Crippen LogP contribution is 2.34. The van der Waals surface area contributed by atoms with Crippen LogP contribution in [0.3, 0.4) is 0 Å². The van der Waals surface area contributed by atoms with Crippen LogP contribution in [-0.2, 0) is 11.3 Å². The zero-order valence-corrected chi connectivity index (χ0v) is 17.8. The standard InChI is InChI=1S/C21H17NO3S3/c1-3-22-15-12-13(23)4-7-16(15)28-20(22)11-6-14-5-8-17(26-14)18-9-10-19(27-18)21(24)25-2/h4-12H,3H2,1-2H3/p+1/b11-6+. The Labute approximate surface area is 174 Å². The normalized spacial score (nSPS) is 11.5. The van der Waals surface area contributed by atoms with Gasteiger partial charge in [0.1, 0.15) is 21.9 Å². The second-order valence-corrected chi connectivity index (χ2v) is 9.29. The molecule has 0 atom stereocenters. The number of aromatic hydroxyl groups is 1. The molecule has 4 nitrogen and oxygen atoms in total. The van der Waals surface area contributed by atoms with Crippen molar-refractivity contribution in [3.8, 4) is 15.5 Å². The summed E-state index contributed by atoms with van der Waals surface area (Å²) in [5, 5.41) is 10.9. The van der Waals surface area contributed by atoms with E-state index in [1.54, 1.807) is 34.8 Å². The number of phenols is 1. The predicted octanol–water partition coefficient (Wildman–Crippen LogP) is 5.66. The molecule has 0 radical (unpaired) electrons. The summed E-state index contributed by atoms with van der Waals surface area (Å²) >= 11 is 4.84. The molecule has 0 fully saturated rings. The summed E-state index contributed by atoms with van der Waals surface area (Å²) in [7, 11) is 1.40. The van der Waals surface area contributed by atoms with Crippen LogP contribution >= 0.6 is 34.0 Å². The van der Waals surface area contributed by atoms with Crippen molar-refractivity contribution in [1.29, 1.82) is 0 Å². The molecule has 1 N–H and O–H groups in total. The molecule has 4 rings (SSSR count). The molecule has 7 heteroatoms. The van der Waals surface area contributed by atoms with E-state index in [1.807, 2.05) is 18.2 Å². The Morgan fingerprint density at radius 2 is 1.86 bits per heavy atom. The number of hydrogen-bond acceptors (Lipinski definition) is 6. The predicted molar refractivity (Wildman–Crippen MR) is 117 cm³/mol. The number of phenolic OH excluding ortho intramolecular Hbond substituents is 1. The van der Waals surface area contributed by atoms with Crippen LogP contribution in [0.4, 0.5) is 0 Å². The minimum absolute atomic E-state index is 0.285. The molecule has 4 aromatic rings. The Morgan fingerprint density at radius 1 is 1.07 bits per heavy atom. The first-order valence-corrected chi connectivity index (χ1v) is 11.2. The van der Waals surface area contributed by atoms with Gasteiger partial charge in [0, 0.05) is 20.7 Å². The summed E-state index contributed by atoms with van der Waals surface area (Å²) in [5.74, 6) is -0.0129. The summed E-state index contributed by atoms with van der Waals surface area (Å²) in [6.07, 6.45) is 4.23. The first-order valence-electron chi connectivity index (χ1n) is 8.71. The molecule has 0 saturated carbocycles. The third-order valence-electron chi connectivity index (χ3n) is 4.28. The largest absolute Gasteiger partial charge is 0.508 e. The lowest BCUT2D eigenvalue weighted by atomic mass is 10.3. The van der Waals surface area contributed by atoms with Gasteiger partial charge in [-0.1, -0.05) is 11.3 Å². The molecule has 0 aliphatic heterocycles. The van der Waals surface area contributed by atoms with Crippen molar-refractivity contribution in [2.24, 2.45) is 0 Å². The summed E-state index contributed by atoms with van der Waals surface area (Å²) < 4.78 is 8.13. The van der Waals surface area contributed by atoms with E-state index in [-0.39, 0.29) is 11.7 Å². The number of fused-ring (bicyclic) bond motifs is 1. The Morgan fingerprint density at radius 3 is 2.64 bits per heavy atom. The molecule has 0 saturated heterocycles. The van der Waals surface area contributed by atoms with Crippen LogP contribution in [0.15, 0.2) is 42.5 Å². The Kier molecular flexibility index (Phi) is 5.30. The van der Waals surface area contributed by atoms with E-state index in [0.29, 0.717) is 4.88 Å². The number of benzene rings is 1. The highest BCUT2D eigenvalue weighted by molar-refractivity contribution is 7.23. The fraction of sp³-hybridized carbons (Fsp3) is 0.143. The van der Waals surface area contributed by atoms with E-state index in [2.05, 4.69) is 35.8 Å². The molecule has 0 amide bonds. The van der Waals surface area contributed by atoms with Crippen molar-refractivity contribution in [1.82, 2.24) is 0 Å². The molecule has 3 aromatic heterocycles. The molecule has 3 heterocycles. The molecule has 0 bridgehead atoms. The van der Waals surface area contributed by atoms with Crippen molar-refractivity contribution >= 4 is 62.3 Å². The summed E-state index contributed by atoms with van der Waals surface area (Å²) in [6, 6.07) is 13.4. The van der Waals surface area contributed by atoms with Gasteiger partial charge in [0.2, 0.25) is 5.52 Å². The summed E-state index contributed by atoms with van der Waals surface area (Å²) in [5.41, 5.74) is 1.05. The highest BCUT2D eigenvalue weighted by Gasteiger charge is 2.17. The number of aromatic nitrogens is 1. The molecule has 28 heavy (non-hydrogen) atoms. The molecule has 0 unspecified atom stereocenters. The second kappa shape index (κ2) is 7.87. The van der Waals surface area contributed by atoms with E-state index in [0.717, 1.165) is 36.4 Å². The van der Waals surface area contributed by atoms with Gasteiger partial charge in [-0.2, -0.15) is 4.57 Å². The van der Waals surface area contributed by atoms with E-state index >= 15 is 0 Å². The van der Waals surface area contributed by atoms with E-state index < -0.39 is 0 Å². The van der Waals surface area contributed by atoms with Gasteiger partial charge in [0.05, 0.1) is 13.2 Å². The van der Waals surface area contributed by atoms with Gasteiger partial charge >= 0.3 is 5.97 Å². The van der Waals surface area contributed by atoms with Gasteiger partial charge in [0.25, 0.3) is 5.01 Å². The smallest absolute Gasteiger partial charge is 0.348 e.